The Labute approximate surface area is 92.6 Å². The van der Waals surface area contributed by atoms with Crippen LogP contribution in [0.3, 0.4) is 0 Å². The summed E-state index contributed by atoms with van der Waals surface area (Å²) < 4.78 is 5.01. The SMILES string of the molecule is COCCC1(N)CCNCC1.Cl.Cl. The van der Waals surface area contributed by atoms with Gasteiger partial charge < -0.3 is 15.8 Å². The van der Waals surface area contributed by atoms with E-state index >= 15 is 0 Å². The largest absolute Gasteiger partial charge is 0.385 e. The topological polar surface area (TPSA) is 47.3 Å². The lowest BCUT2D eigenvalue weighted by atomic mass is 9.87. The first-order valence-electron chi connectivity index (χ1n) is 4.25. The monoisotopic (exact) mass is 230 g/mol. The minimum absolute atomic E-state index is 0. The van der Waals surface area contributed by atoms with E-state index in [1.165, 1.54) is 0 Å². The number of rotatable bonds is 3. The van der Waals surface area contributed by atoms with Crippen LogP contribution in [0.15, 0.2) is 0 Å². The molecular formula is C8H20Cl2N2O. The van der Waals surface area contributed by atoms with Gasteiger partial charge in [0.1, 0.15) is 0 Å². The number of halogens is 2. The van der Waals surface area contributed by atoms with Gasteiger partial charge in [0.15, 0.2) is 0 Å². The van der Waals surface area contributed by atoms with Crippen molar-refractivity contribution in [3.8, 4) is 0 Å². The second-order valence-electron chi connectivity index (χ2n) is 3.36. The highest BCUT2D eigenvalue weighted by Gasteiger charge is 2.26. The molecule has 0 aromatic heterocycles. The molecule has 0 bridgehead atoms. The van der Waals surface area contributed by atoms with Crippen molar-refractivity contribution in [1.82, 2.24) is 5.32 Å². The van der Waals surface area contributed by atoms with Crippen LogP contribution in [0.5, 0.6) is 0 Å². The van der Waals surface area contributed by atoms with E-state index < -0.39 is 0 Å². The van der Waals surface area contributed by atoms with Crippen molar-refractivity contribution in [2.24, 2.45) is 5.73 Å². The van der Waals surface area contributed by atoms with Crippen molar-refractivity contribution in [2.45, 2.75) is 24.8 Å². The summed E-state index contributed by atoms with van der Waals surface area (Å²) in [6.07, 6.45) is 3.15. The lowest BCUT2D eigenvalue weighted by Crippen LogP contribution is -2.49. The maximum absolute atomic E-state index is 6.13. The molecule has 3 N–H and O–H groups in total. The standard InChI is InChI=1S/C8H18N2O.2ClH/c1-11-7-4-8(9)2-5-10-6-3-8;;/h10H,2-7,9H2,1H3;2*1H. The summed E-state index contributed by atoms with van der Waals surface area (Å²) in [5.74, 6) is 0. The fourth-order valence-electron chi connectivity index (χ4n) is 1.48. The minimum atomic E-state index is 0. The summed E-state index contributed by atoms with van der Waals surface area (Å²) >= 11 is 0. The van der Waals surface area contributed by atoms with E-state index in [-0.39, 0.29) is 30.4 Å². The van der Waals surface area contributed by atoms with E-state index in [1.54, 1.807) is 7.11 Å². The van der Waals surface area contributed by atoms with E-state index in [0.29, 0.717) is 0 Å². The third-order valence-electron chi connectivity index (χ3n) is 2.40. The highest BCUT2D eigenvalue weighted by atomic mass is 35.5. The van der Waals surface area contributed by atoms with Gasteiger partial charge in [0.05, 0.1) is 0 Å². The fourth-order valence-corrected chi connectivity index (χ4v) is 1.48. The summed E-state index contributed by atoms with van der Waals surface area (Å²) in [5.41, 5.74) is 6.17. The van der Waals surface area contributed by atoms with Crippen LogP contribution in [0, 0.1) is 0 Å². The van der Waals surface area contributed by atoms with E-state index in [1.807, 2.05) is 0 Å². The molecule has 0 radical (unpaired) electrons. The van der Waals surface area contributed by atoms with Gasteiger partial charge in [0.25, 0.3) is 0 Å². The number of hydrogen-bond acceptors (Lipinski definition) is 3. The maximum atomic E-state index is 6.13. The lowest BCUT2D eigenvalue weighted by Gasteiger charge is -2.33. The van der Waals surface area contributed by atoms with Gasteiger partial charge in [0, 0.05) is 19.3 Å². The molecule has 5 heteroatoms. The molecule has 0 aromatic carbocycles. The van der Waals surface area contributed by atoms with Crippen LogP contribution in [0.2, 0.25) is 0 Å². The molecule has 1 rings (SSSR count). The molecule has 1 fully saturated rings. The second-order valence-corrected chi connectivity index (χ2v) is 3.36. The van der Waals surface area contributed by atoms with Crippen LogP contribution in [0.1, 0.15) is 19.3 Å². The summed E-state index contributed by atoms with van der Waals surface area (Å²) in [7, 11) is 1.73. The fraction of sp³-hybridized carbons (Fsp3) is 1.00. The van der Waals surface area contributed by atoms with Crippen LogP contribution in [-0.2, 0) is 4.74 Å². The number of nitrogens with one attached hydrogen (secondary N) is 1. The molecule has 0 aromatic rings. The van der Waals surface area contributed by atoms with Crippen LogP contribution < -0.4 is 11.1 Å². The summed E-state index contributed by atoms with van der Waals surface area (Å²) in [5, 5.41) is 3.30. The summed E-state index contributed by atoms with van der Waals surface area (Å²) in [4.78, 5) is 0. The van der Waals surface area contributed by atoms with E-state index in [9.17, 15) is 0 Å². The molecule has 0 unspecified atom stereocenters. The van der Waals surface area contributed by atoms with E-state index in [2.05, 4.69) is 5.32 Å². The number of methoxy groups -OCH3 is 1. The highest BCUT2D eigenvalue weighted by molar-refractivity contribution is 5.85. The quantitative estimate of drug-likeness (QED) is 0.760. The number of piperidine rings is 1. The Balaban J connectivity index is 0. The van der Waals surface area contributed by atoms with Gasteiger partial charge in [-0.3, -0.25) is 0 Å². The molecule has 1 aliphatic heterocycles. The van der Waals surface area contributed by atoms with Crippen LogP contribution in [-0.4, -0.2) is 32.3 Å². The first-order valence-corrected chi connectivity index (χ1v) is 4.25. The van der Waals surface area contributed by atoms with Crippen molar-refractivity contribution >= 4 is 24.8 Å². The van der Waals surface area contributed by atoms with E-state index in [0.717, 1.165) is 39.0 Å². The average Bonchev–Trinajstić information content (AvgIpc) is 2.03. The van der Waals surface area contributed by atoms with Gasteiger partial charge in [-0.15, -0.1) is 24.8 Å². The average molecular weight is 231 g/mol. The number of ether oxygens (including phenoxy) is 1. The van der Waals surface area contributed by atoms with Gasteiger partial charge >= 0.3 is 0 Å². The Morgan fingerprint density at radius 2 is 1.85 bits per heavy atom. The third-order valence-corrected chi connectivity index (χ3v) is 2.40. The Morgan fingerprint density at radius 3 is 2.31 bits per heavy atom. The van der Waals surface area contributed by atoms with Crippen molar-refractivity contribution in [2.75, 3.05) is 26.8 Å². The van der Waals surface area contributed by atoms with Gasteiger partial charge in [0.2, 0.25) is 0 Å². The Kier molecular flexibility index (Phi) is 9.58. The zero-order chi connectivity index (χ0) is 8.16. The van der Waals surface area contributed by atoms with Crippen molar-refractivity contribution < 1.29 is 4.74 Å². The van der Waals surface area contributed by atoms with Gasteiger partial charge in [-0.1, -0.05) is 0 Å². The van der Waals surface area contributed by atoms with Gasteiger partial charge in [-0.05, 0) is 32.4 Å². The second kappa shape index (κ2) is 7.83. The zero-order valence-electron chi connectivity index (χ0n) is 8.04. The lowest BCUT2D eigenvalue weighted by molar-refractivity contribution is 0.154. The number of nitrogens with two attached hydrogens (primary N) is 1. The molecule has 3 nitrogen and oxygen atoms in total. The molecule has 0 amide bonds. The Bertz CT molecular complexity index is 119. The van der Waals surface area contributed by atoms with Gasteiger partial charge in [-0.2, -0.15) is 0 Å². The molecule has 1 saturated heterocycles. The molecule has 13 heavy (non-hydrogen) atoms. The predicted molar refractivity (Wildman–Crippen MR) is 60.0 cm³/mol. The zero-order valence-corrected chi connectivity index (χ0v) is 9.68. The predicted octanol–water partition coefficient (Wildman–Crippen LogP) is 0.947. The molecule has 0 spiro atoms. The van der Waals surface area contributed by atoms with Crippen molar-refractivity contribution in [3.05, 3.63) is 0 Å². The molecule has 0 atom stereocenters. The first-order chi connectivity index (χ1) is 5.27. The van der Waals surface area contributed by atoms with Crippen LogP contribution in [0.4, 0.5) is 0 Å². The first kappa shape index (κ1) is 15.9. The van der Waals surface area contributed by atoms with Crippen molar-refractivity contribution in [3.63, 3.8) is 0 Å². The molecule has 1 aliphatic rings. The van der Waals surface area contributed by atoms with Gasteiger partial charge in [-0.25, -0.2) is 0 Å². The Hall–Kier alpha value is 0.460. The maximum Gasteiger partial charge on any atom is 0.0479 e. The van der Waals surface area contributed by atoms with E-state index in [4.69, 9.17) is 10.5 Å². The normalized spacial score (nSPS) is 19.8. The molecular weight excluding hydrogens is 211 g/mol. The number of hydrogen-bond donors (Lipinski definition) is 2. The van der Waals surface area contributed by atoms with Crippen molar-refractivity contribution in [1.29, 1.82) is 0 Å². The highest BCUT2D eigenvalue weighted by Crippen LogP contribution is 2.18. The third kappa shape index (κ3) is 5.70. The van der Waals surface area contributed by atoms with Crippen LogP contribution in [0.25, 0.3) is 0 Å². The summed E-state index contributed by atoms with van der Waals surface area (Å²) in [6, 6.07) is 0. The Morgan fingerprint density at radius 1 is 1.31 bits per heavy atom. The summed E-state index contributed by atoms with van der Waals surface area (Å²) in [6.45, 7) is 2.90. The van der Waals surface area contributed by atoms with Crippen LogP contribution >= 0.6 is 24.8 Å². The smallest absolute Gasteiger partial charge is 0.0479 e. The minimum Gasteiger partial charge on any atom is -0.385 e. The molecule has 82 valence electrons. The molecule has 0 aliphatic carbocycles. The molecule has 1 heterocycles. The molecule has 0 saturated carbocycles.